The number of urea groups is 1. The van der Waals surface area contributed by atoms with Gasteiger partial charge in [0.25, 0.3) is 5.91 Å². The first kappa shape index (κ1) is 39.5. The second kappa shape index (κ2) is 13.6. The Morgan fingerprint density at radius 2 is 1.51 bits per heavy atom. The fourth-order valence-corrected chi connectivity index (χ4v) is 10.6. The number of hydrogen-bond donors (Lipinski definition) is 4. The van der Waals surface area contributed by atoms with Crippen LogP contribution in [0.4, 0.5) is 4.79 Å². The number of piperidine rings is 1. The molecule has 1 heterocycles. The summed E-state index contributed by atoms with van der Waals surface area (Å²) in [5.41, 5.74) is -3.20. The molecule has 288 valence electrons. The number of ketones is 1. The van der Waals surface area contributed by atoms with Crippen LogP contribution in [0.15, 0.2) is 0 Å². The largest absolute Gasteiger partial charge is 0.347 e. The van der Waals surface area contributed by atoms with E-state index < -0.39 is 72.7 Å². The molecule has 0 spiro atoms. The van der Waals surface area contributed by atoms with E-state index in [4.69, 9.17) is 0 Å². The van der Waals surface area contributed by atoms with Crippen LogP contribution in [-0.2, 0) is 29.0 Å². The molecule has 0 aromatic rings. The van der Waals surface area contributed by atoms with Crippen molar-refractivity contribution in [2.24, 2.45) is 28.6 Å². The van der Waals surface area contributed by atoms with Crippen molar-refractivity contribution in [3.63, 3.8) is 0 Å². The van der Waals surface area contributed by atoms with Gasteiger partial charge in [-0.15, -0.1) is 0 Å². The number of amides is 5. The third kappa shape index (κ3) is 7.98. The first-order valence-electron chi connectivity index (χ1n) is 19.3. The molecule has 1 aliphatic heterocycles. The summed E-state index contributed by atoms with van der Waals surface area (Å²) in [5, 5.41) is 11.8. The molecule has 5 rings (SSSR count). The van der Waals surface area contributed by atoms with Gasteiger partial charge in [-0.05, 0) is 87.9 Å². The predicted molar refractivity (Wildman–Crippen MR) is 195 cm³/mol. The molecule has 0 aromatic carbocycles. The Bertz CT molecular complexity index is 1510. The monoisotopic (exact) mass is 733 g/mol. The topological polar surface area (TPSA) is 171 Å². The number of hydrogen-bond acceptors (Lipinski definition) is 7. The molecule has 0 radical (unpaired) electrons. The molecule has 4 atom stereocenters. The second-order valence-electron chi connectivity index (χ2n) is 19.2. The first-order chi connectivity index (χ1) is 23.5. The summed E-state index contributed by atoms with van der Waals surface area (Å²) in [6.07, 6.45) is 7.86. The van der Waals surface area contributed by atoms with E-state index in [2.05, 4.69) is 42.0 Å². The van der Waals surface area contributed by atoms with Crippen LogP contribution < -0.4 is 21.3 Å². The van der Waals surface area contributed by atoms with E-state index in [0.717, 1.165) is 44.9 Å². The minimum atomic E-state index is -3.56. The maximum Gasteiger partial charge on any atom is 0.315 e. The Labute approximate surface area is 305 Å². The summed E-state index contributed by atoms with van der Waals surface area (Å²) in [5.74, 6) is -2.14. The first-order valence-corrected chi connectivity index (χ1v) is 20.9. The van der Waals surface area contributed by atoms with Crippen molar-refractivity contribution >= 4 is 39.4 Å². The van der Waals surface area contributed by atoms with Crippen molar-refractivity contribution in [3.05, 3.63) is 0 Å². The van der Waals surface area contributed by atoms with E-state index in [1.807, 2.05) is 20.8 Å². The van der Waals surface area contributed by atoms with Crippen molar-refractivity contribution < 1.29 is 32.4 Å². The van der Waals surface area contributed by atoms with Crippen molar-refractivity contribution in [3.8, 4) is 0 Å². The maximum atomic E-state index is 14.6. The number of carbonyl (C=O) groups excluding carboxylic acids is 5. The fourth-order valence-electron chi connectivity index (χ4n) is 9.04. The number of nitrogens with one attached hydrogen (secondary N) is 4. The molecule has 0 unspecified atom stereocenters. The summed E-state index contributed by atoms with van der Waals surface area (Å²) in [4.78, 5) is 71.0. The number of sulfone groups is 1. The molecular weight excluding hydrogens is 671 g/mol. The van der Waals surface area contributed by atoms with Gasteiger partial charge in [0, 0.05) is 12.6 Å². The fraction of sp³-hybridized carbons (Fsp3) is 0.868. The second-order valence-corrected chi connectivity index (χ2v) is 22.0. The molecule has 5 aliphatic rings. The normalized spacial score (nSPS) is 30.3. The van der Waals surface area contributed by atoms with Crippen LogP contribution in [-0.4, -0.2) is 89.1 Å². The van der Waals surface area contributed by atoms with Crippen molar-refractivity contribution in [1.29, 1.82) is 0 Å². The summed E-state index contributed by atoms with van der Waals surface area (Å²) in [6, 6.07) is -2.49. The average Bonchev–Trinajstić information content (AvgIpc) is 3.84. The molecule has 0 aromatic heterocycles. The summed E-state index contributed by atoms with van der Waals surface area (Å²) >= 11 is 0. The van der Waals surface area contributed by atoms with Gasteiger partial charge in [0.2, 0.25) is 17.6 Å². The molecule has 0 bridgehead atoms. The average molecular weight is 734 g/mol. The number of fused-ring (bicyclic) bond motifs is 1. The van der Waals surface area contributed by atoms with Gasteiger partial charge in [0.1, 0.15) is 17.6 Å². The zero-order chi connectivity index (χ0) is 37.9. The lowest BCUT2D eigenvalue weighted by Gasteiger charge is -2.47. The quantitative estimate of drug-likeness (QED) is 0.220. The minimum Gasteiger partial charge on any atom is -0.347 e. The number of carbonyl (C=O) groups is 5. The van der Waals surface area contributed by atoms with Crippen molar-refractivity contribution in [2.45, 2.75) is 167 Å². The molecule has 13 heteroatoms. The Morgan fingerprint density at radius 1 is 0.902 bits per heavy atom. The highest BCUT2D eigenvalue weighted by atomic mass is 32.2. The molecular formula is C38H63N5O7S. The highest BCUT2D eigenvalue weighted by molar-refractivity contribution is 7.92. The van der Waals surface area contributed by atoms with Gasteiger partial charge < -0.3 is 26.2 Å². The summed E-state index contributed by atoms with van der Waals surface area (Å²) in [7, 11) is -3.56. The minimum absolute atomic E-state index is 0.00611. The Hall–Kier alpha value is -2.70. The molecule has 5 fully saturated rings. The zero-order valence-electron chi connectivity index (χ0n) is 32.4. The van der Waals surface area contributed by atoms with E-state index in [-0.39, 0.29) is 35.0 Å². The molecule has 4 saturated carbocycles. The van der Waals surface area contributed by atoms with E-state index >= 15 is 0 Å². The van der Waals surface area contributed by atoms with Crippen LogP contribution >= 0.6 is 0 Å². The molecule has 4 aliphatic carbocycles. The Balaban J connectivity index is 1.36. The number of likely N-dealkylation sites (tertiary alicyclic amines) is 1. The van der Waals surface area contributed by atoms with E-state index in [9.17, 15) is 32.4 Å². The smallest absolute Gasteiger partial charge is 0.315 e. The van der Waals surface area contributed by atoms with Gasteiger partial charge in [-0.3, -0.25) is 19.2 Å². The lowest BCUT2D eigenvalue weighted by molar-refractivity contribution is -0.151. The summed E-state index contributed by atoms with van der Waals surface area (Å²) in [6.45, 7) is 17.1. The van der Waals surface area contributed by atoms with Crippen LogP contribution in [0.1, 0.15) is 133 Å². The Morgan fingerprint density at radius 3 is 2.04 bits per heavy atom. The van der Waals surface area contributed by atoms with Crippen molar-refractivity contribution in [1.82, 2.24) is 26.2 Å². The molecule has 1 saturated heterocycles. The number of nitrogens with zero attached hydrogens (tertiary/aromatic N) is 1. The van der Waals surface area contributed by atoms with Gasteiger partial charge in [0.15, 0.2) is 9.84 Å². The number of rotatable bonds is 12. The van der Waals surface area contributed by atoms with Crippen LogP contribution in [0, 0.1) is 28.6 Å². The lowest BCUT2D eigenvalue weighted by Crippen LogP contribution is -2.68. The standard InChI is InChI=1S/C38H63N5O7S/c1-10-14-23-19-38(20-23,29(44)31(46)39-24-15-16-24)41-30(45)27-26-25(36(26,8)9)21-43(27)32(47)28(34(2,3)4)40-33(48)42-37(17-12-11-13-18-37)22-51(49,50)35(5,6)7/h23-28H,10-22H2,1-9H3,(H,39,46)(H,41,45)(H2,40,42,48)/t23?,25-,26-,27-,28+,38?/m0/s1. The zero-order valence-corrected chi connectivity index (χ0v) is 33.2. The van der Waals surface area contributed by atoms with Gasteiger partial charge in [-0.1, -0.05) is 73.6 Å². The highest BCUT2D eigenvalue weighted by Crippen LogP contribution is 2.65. The SMILES string of the molecule is CCCC1CC(NC(=O)[C@@H]2[C@@H]3[C@H](CN2C(=O)[C@@H](NC(=O)NC2(CS(=O)(=O)C(C)(C)C)CCCCC2)C(C)(C)C)C3(C)C)(C(=O)C(=O)NC2CC2)C1. The molecule has 12 nitrogen and oxygen atoms in total. The van der Waals surface area contributed by atoms with Gasteiger partial charge in [0.05, 0.1) is 16.0 Å². The summed E-state index contributed by atoms with van der Waals surface area (Å²) < 4.78 is 25.7. The predicted octanol–water partition coefficient (Wildman–Crippen LogP) is 4.01. The third-order valence-corrected chi connectivity index (χ3v) is 15.4. The molecule has 51 heavy (non-hydrogen) atoms. The van der Waals surface area contributed by atoms with Crippen molar-refractivity contribution in [2.75, 3.05) is 12.3 Å². The van der Waals surface area contributed by atoms with Gasteiger partial charge >= 0.3 is 6.03 Å². The van der Waals surface area contributed by atoms with Crippen LogP contribution in [0.2, 0.25) is 0 Å². The lowest BCUT2D eigenvalue weighted by atomic mass is 9.64. The molecule has 4 N–H and O–H groups in total. The van der Waals surface area contributed by atoms with Crippen LogP contribution in [0.3, 0.4) is 0 Å². The van der Waals surface area contributed by atoms with E-state index in [1.54, 1.807) is 25.7 Å². The molecule has 5 amide bonds. The highest BCUT2D eigenvalue weighted by Gasteiger charge is 2.70. The maximum absolute atomic E-state index is 14.6. The number of Topliss-reactive ketones (excluding diaryl/α,β-unsaturated/α-hetero) is 1. The van der Waals surface area contributed by atoms with E-state index in [0.29, 0.717) is 32.2 Å². The van der Waals surface area contributed by atoms with E-state index in [1.165, 1.54) is 0 Å². The van der Waals surface area contributed by atoms with Gasteiger partial charge in [-0.2, -0.15) is 0 Å². The van der Waals surface area contributed by atoms with Gasteiger partial charge in [-0.25, -0.2) is 13.2 Å². The van der Waals surface area contributed by atoms with Crippen LogP contribution in [0.5, 0.6) is 0 Å². The Kier molecular flexibility index (Phi) is 10.5. The van der Waals surface area contributed by atoms with Crippen LogP contribution in [0.25, 0.3) is 0 Å². The third-order valence-electron chi connectivity index (χ3n) is 12.6.